The molecule has 7 heteroatoms. The number of carbonyl (C=O) groups excluding carboxylic acids is 4. The topological polar surface area (TPSA) is 96.0 Å². The summed E-state index contributed by atoms with van der Waals surface area (Å²) in [5.74, 6) is -2.71. The number of ether oxygens (including phenoxy) is 3. The molecule has 0 bridgehead atoms. The van der Waals surface area contributed by atoms with Crippen molar-refractivity contribution in [3.63, 3.8) is 0 Å². The van der Waals surface area contributed by atoms with Gasteiger partial charge in [0.15, 0.2) is 0 Å². The van der Waals surface area contributed by atoms with E-state index in [2.05, 4.69) is 14.2 Å². The molecule has 0 aromatic heterocycles. The van der Waals surface area contributed by atoms with Gasteiger partial charge in [-0.2, -0.15) is 0 Å². The van der Waals surface area contributed by atoms with Crippen LogP contribution in [0.25, 0.3) is 12.2 Å². The van der Waals surface area contributed by atoms with Crippen LogP contribution in [0.1, 0.15) is 31.8 Å². The number of hydrogen-bond donors (Lipinski definition) is 0. The van der Waals surface area contributed by atoms with E-state index >= 15 is 0 Å². The van der Waals surface area contributed by atoms with Crippen molar-refractivity contribution < 1.29 is 33.4 Å². The summed E-state index contributed by atoms with van der Waals surface area (Å²) >= 11 is 0. The summed E-state index contributed by atoms with van der Waals surface area (Å²) in [6.45, 7) is 0. The molecule has 0 unspecified atom stereocenters. The molecule has 1 aromatic carbocycles. The first kappa shape index (κ1) is 16.2. The largest absolute Gasteiger partial charge is 0.466 e. The summed E-state index contributed by atoms with van der Waals surface area (Å²) in [5.41, 5.74) is 1.05. The minimum absolute atomic E-state index is 0.0923. The Kier molecular flexibility index (Phi) is 4.70. The molecule has 0 radical (unpaired) electrons. The van der Waals surface area contributed by atoms with E-state index < -0.39 is 23.9 Å². The molecule has 1 aliphatic heterocycles. The van der Waals surface area contributed by atoms with Crippen molar-refractivity contribution in [2.75, 3.05) is 14.2 Å². The summed E-state index contributed by atoms with van der Waals surface area (Å²) < 4.78 is 13.5. The Morgan fingerprint density at radius 1 is 0.870 bits per heavy atom. The van der Waals surface area contributed by atoms with Crippen LogP contribution in [-0.2, 0) is 23.8 Å². The highest BCUT2D eigenvalue weighted by Crippen LogP contribution is 2.26. The molecule has 0 aliphatic carbocycles. The van der Waals surface area contributed by atoms with E-state index in [9.17, 15) is 19.2 Å². The highest BCUT2D eigenvalue weighted by atomic mass is 16.6. The van der Waals surface area contributed by atoms with Gasteiger partial charge in [0.25, 0.3) is 0 Å². The van der Waals surface area contributed by atoms with Gasteiger partial charge in [0.2, 0.25) is 0 Å². The van der Waals surface area contributed by atoms with Crippen LogP contribution in [0, 0.1) is 0 Å². The molecule has 1 aromatic rings. The van der Waals surface area contributed by atoms with Crippen molar-refractivity contribution in [1.29, 1.82) is 0 Å². The number of esters is 4. The normalized spacial score (nSPS) is 13.3. The zero-order chi connectivity index (χ0) is 17.0. The van der Waals surface area contributed by atoms with Crippen molar-refractivity contribution in [2.45, 2.75) is 0 Å². The average molecular weight is 316 g/mol. The molecule has 23 heavy (non-hydrogen) atoms. The fourth-order valence-corrected chi connectivity index (χ4v) is 1.91. The smallest absolute Gasteiger partial charge is 0.346 e. The Hall–Kier alpha value is -3.22. The highest BCUT2D eigenvalue weighted by Gasteiger charge is 2.30. The molecule has 0 fully saturated rings. The van der Waals surface area contributed by atoms with Gasteiger partial charge >= 0.3 is 23.9 Å². The number of carbonyl (C=O) groups is 4. The first-order chi connectivity index (χ1) is 11.0. The van der Waals surface area contributed by atoms with Gasteiger partial charge in [-0.05, 0) is 35.4 Å². The van der Waals surface area contributed by atoms with Gasteiger partial charge in [0.05, 0.1) is 25.3 Å². The zero-order valence-electron chi connectivity index (χ0n) is 12.3. The van der Waals surface area contributed by atoms with E-state index in [-0.39, 0.29) is 11.1 Å². The minimum atomic E-state index is -0.763. The van der Waals surface area contributed by atoms with Crippen molar-refractivity contribution in [1.82, 2.24) is 0 Å². The summed E-state index contributed by atoms with van der Waals surface area (Å²) in [6, 6.07) is 2.80. The lowest BCUT2D eigenvalue weighted by Crippen LogP contribution is -1.98. The molecule has 0 saturated carbocycles. The third kappa shape index (κ3) is 3.52. The Morgan fingerprint density at radius 3 is 1.61 bits per heavy atom. The predicted molar refractivity (Wildman–Crippen MR) is 78.3 cm³/mol. The maximum Gasteiger partial charge on any atom is 0.346 e. The Labute approximate surface area is 131 Å². The average Bonchev–Trinajstić information content (AvgIpc) is 2.83. The molecule has 7 nitrogen and oxygen atoms in total. The second kappa shape index (κ2) is 6.69. The SMILES string of the molecule is COC(=O)/C=C\c1cc2c(cc1/C=C/C(=O)OC)C(=O)OC2=O. The van der Waals surface area contributed by atoms with E-state index in [0.717, 1.165) is 12.2 Å². The van der Waals surface area contributed by atoms with E-state index in [1.807, 2.05) is 0 Å². The van der Waals surface area contributed by atoms with Crippen LogP contribution in [-0.4, -0.2) is 38.1 Å². The number of fused-ring (bicyclic) bond motifs is 1. The van der Waals surface area contributed by atoms with Crippen LogP contribution in [0.15, 0.2) is 24.3 Å². The Balaban J connectivity index is 2.51. The summed E-state index contributed by atoms with van der Waals surface area (Å²) in [5, 5.41) is 0. The first-order valence-corrected chi connectivity index (χ1v) is 6.43. The van der Waals surface area contributed by atoms with E-state index in [4.69, 9.17) is 0 Å². The first-order valence-electron chi connectivity index (χ1n) is 6.43. The Bertz CT molecular complexity index is 693. The molecule has 0 saturated heterocycles. The molecule has 1 aliphatic rings. The van der Waals surface area contributed by atoms with Crippen LogP contribution in [0.4, 0.5) is 0 Å². The maximum atomic E-state index is 11.6. The molecule has 2 rings (SSSR count). The van der Waals surface area contributed by atoms with Crippen LogP contribution >= 0.6 is 0 Å². The minimum Gasteiger partial charge on any atom is -0.466 e. The molecule has 0 spiro atoms. The van der Waals surface area contributed by atoms with E-state index in [1.54, 1.807) is 0 Å². The van der Waals surface area contributed by atoms with Gasteiger partial charge in [0, 0.05) is 12.2 Å². The van der Waals surface area contributed by atoms with Crippen LogP contribution in [0.2, 0.25) is 0 Å². The predicted octanol–water partition coefficient (Wildman–Crippen LogP) is 1.37. The van der Waals surface area contributed by atoms with Gasteiger partial charge in [0.1, 0.15) is 0 Å². The number of hydrogen-bond acceptors (Lipinski definition) is 7. The molecular formula is C16H12O7. The van der Waals surface area contributed by atoms with Crippen LogP contribution in [0.5, 0.6) is 0 Å². The quantitative estimate of drug-likeness (QED) is 0.358. The van der Waals surface area contributed by atoms with E-state index in [0.29, 0.717) is 11.1 Å². The summed E-state index contributed by atoms with van der Waals surface area (Å²) in [4.78, 5) is 45.6. The molecule has 118 valence electrons. The molecule has 0 atom stereocenters. The molecule has 0 N–H and O–H groups in total. The summed E-state index contributed by atoms with van der Waals surface area (Å²) in [6.07, 6.45) is 5.11. The number of benzene rings is 1. The standard InChI is InChI=1S/C16H12O7/c1-21-13(17)5-3-9-7-11-12(16(20)23-15(11)19)8-10(9)4-6-14(18)22-2/h3-8H,1-2H3/b5-3-,6-4+. The number of methoxy groups -OCH3 is 2. The molecule has 0 amide bonds. The number of cyclic esters (lactones) is 2. The van der Waals surface area contributed by atoms with Crippen molar-refractivity contribution in [3.05, 3.63) is 46.5 Å². The van der Waals surface area contributed by atoms with Gasteiger partial charge in [-0.1, -0.05) is 0 Å². The number of rotatable bonds is 4. The van der Waals surface area contributed by atoms with Gasteiger partial charge in [-0.3, -0.25) is 0 Å². The Morgan fingerprint density at radius 2 is 1.26 bits per heavy atom. The second-order valence-electron chi connectivity index (χ2n) is 4.42. The van der Waals surface area contributed by atoms with Crippen molar-refractivity contribution in [3.8, 4) is 0 Å². The fraction of sp³-hybridized carbons (Fsp3) is 0.125. The third-order valence-electron chi connectivity index (χ3n) is 3.05. The second-order valence-corrected chi connectivity index (χ2v) is 4.42. The fourth-order valence-electron chi connectivity index (χ4n) is 1.91. The lowest BCUT2D eigenvalue weighted by atomic mass is 9.98. The molecule has 1 heterocycles. The monoisotopic (exact) mass is 316 g/mol. The van der Waals surface area contributed by atoms with Gasteiger partial charge in [-0.15, -0.1) is 0 Å². The van der Waals surface area contributed by atoms with Crippen molar-refractivity contribution in [2.24, 2.45) is 0 Å². The van der Waals surface area contributed by atoms with Crippen molar-refractivity contribution >= 4 is 36.0 Å². The van der Waals surface area contributed by atoms with E-state index in [1.165, 1.54) is 38.5 Å². The highest BCUT2D eigenvalue weighted by molar-refractivity contribution is 6.15. The maximum absolute atomic E-state index is 11.6. The van der Waals surface area contributed by atoms with Gasteiger partial charge in [-0.25, -0.2) is 19.2 Å². The molecular weight excluding hydrogens is 304 g/mol. The van der Waals surface area contributed by atoms with Gasteiger partial charge < -0.3 is 14.2 Å². The van der Waals surface area contributed by atoms with Crippen LogP contribution < -0.4 is 0 Å². The summed E-state index contributed by atoms with van der Waals surface area (Å²) in [7, 11) is 2.45. The lowest BCUT2D eigenvalue weighted by Gasteiger charge is -2.03. The zero-order valence-corrected chi connectivity index (χ0v) is 12.3. The third-order valence-corrected chi connectivity index (χ3v) is 3.05. The lowest BCUT2D eigenvalue weighted by molar-refractivity contribution is -0.135. The van der Waals surface area contributed by atoms with Crippen LogP contribution in [0.3, 0.4) is 0 Å².